The van der Waals surface area contributed by atoms with E-state index < -0.39 is 10.0 Å². The predicted molar refractivity (Wildman–Crippen MR) is 88.6 cm³/mol. The van der Waals surface area contributed by atoms with Crippen LogP contribution in [0.1, 0.15) is 15.3 Å². The van der Waals surface area contributed by atoms with Crippen LogP contribution in [0, 0.1) is 13.8 Å². The van der Waals surface area contributed by atoms with Crippen LogP contribution in [0.25, 0.3) is 0 Å². The average Bonchev–Trinajstić information content (AvgIpc) is 2.80. The Balaban J connectivity index is 2.45. The van der Waals surface area contributed by atoms with Gasteiger partial charge in [0.25, 0.3) is 10.0 Å². The largest absolute Gasteiger partial charge is 0.315 e. The number of nitrogens with one attached hydrogen (secondary N) is 1. The third kappa shape index (κ3) is 3.12. The number of aryl methyl sites for hydroxylation is 2. The Kier molecular flexibility index (Phi) is 4.70. The molecule has 1 N–H and O–H groups in total. The molecule has 0 aliphatic rings. The van der Waals surface area contributed by atoms with Crippen LogP contribution in [0.4, 0.5) is 5.69 Å². The summed E-state index contributed by atoms with van der Waals surface area (Å²) in [6.45, 7) is 4.44. The van der Waals surface area contributed by atoms with Gasteiger partial charge in [-0.1, -0.05) is 18.2 Å². The van der Waals surface area contributed by atoms with E-state index in [1.807, 2.05) is 45.2 Å². The Morgan fingerprint density at radius 2 is 1.90 bits per heavy atom. The van der Waals surface area contributed by atoms with E-state index in [9.17, 15) is 8.42 Å². The first-order valence-electron chi connectivity index (χ1n) is 6.66. The van der Waals surface area contributed by atoms with Crippen LogP contribution in [-0.2, 0) is 16.6 Å². The summed E-state index contributed by atoms with van der Waals surface area (Å²) in [6, 6.07) is 9.25. The highest BCUT2D eigenvalue weighted by Gasteiger charge is 2.26. The van der Waals surface area contributed by atoms with Crippen molar-refractivity contribution in [2.75, 3.05) is 18.4 Å². The second-order valence-corrected chi connectivity index (χ2v) is 8.20. The molecule has 6 heteroatoms. The first-order valence-corrected chi connectivity index (χ1v) is 8.92. The molecule has 0 aliphatic heterocycles. The number of hydrogen-bond donors (Lipinski definition) is 1. The van der Waals surface area contributed by atoms with Gasteiger partial charge in [-0.05, 0) is 38.6 Å². The van der Waals surface area contributed by atoms with Crippen molar-refractivity contribution in [3.8, 4) is 0 Å². The van der Waals surface area contributed by atoms with Gasteiger partial charge in [0.15, 0.2) is 0 Å². The molecular weight excluding hydrogens is 304 g/mol. The number of sulfonamides is 1. The summed E-state index contributed by atoms with van der Waals surface area (Å²) in [7, 11) is -0.0731. The summed E-state index contributed by atoms with van der Waals surface area (Å²) in [4.78, 5) is 2.23. The second-order valence-electron chi connectivity index (χ2n) is 4.92. The summed E-state index contributed by atoms with van der Waals surface area (Å²) >= 11 is 1.51. The van der Waals surface area contributed by atoms with E-state index in [0.717, 1.165) is 15.3 Å². The number of hydrogen-bond acceptors (Lipinski definition) is 4. The van der Waals surface area contributed by atoms with E-state index in [1.54, 1.807) is 13.1 Å². The quantitative estimate of drug-likeness (QED) is 0.920. The molecule has 4 nitrogen and oxygen atoms in total. The minimum Gasteiger partial charge on any atom is -0.315 e. The van der Waals surface area contributed by atoms with Gasteiger partial charge in [-0.3, -0.25) is 4.31 Å². The normalized spacial score (nSPS) is 11.6. The van der Waals surface area contributed by atoms with E-state index in [2.05, 4.69) is 5.32 Å². The molecule has 2 rings (SSSR count). The van der Waals surface area contributed by atoms with Gasteiger partial charge < -0.3 is 5.32 Å². The number of benzene rings is 1. The van der Waals surface area contributed by atoms with E-state index in [-0.39, 0.29) is 0 Å². The Morgan fingerprint density at radius 3 is 2.52 bits per heavy atom. The maximum Gasteiger partial charge on any atom is 0.265 e. The van der Waals surface area contributed by atoms with Gasteiger partial charge >= 0.3 is 0 Å². The highest BCUT2D eigenvalue weighted by Crippen LogP contribution is 2.31. The molecule has 0 aliphatic carbocycles. The molecule has 0 bridgehead atoms. The van der Waals surface area contributed by atoms with Gasteiger partial charge in [0.1, 0.15) is 4.90 Å². The Labute approximate surface area is 130 Å². The van der Waals surface area contributed by atoms with E-state index >= 15 is 0 Å². The molecule has 1 aromatic carbocycles. The van der Waals surface area contributed by atoms with E-state index in [0.29, 0.717) is 17.1 Å². The fourth-order valence-electron chi connectivity index (χ4n) is 2.24. The van der Waals surface area contributed by atoms with Crippen molar-refractivity contribution in [1.82, 2.24) is 5.32 Å². The standard InChI is InChI=1S/C15H20N2O2S2/c1-11-7-5-6-8-14(11)17(4)21(18,19)15-9-13(10-16-3)20-12(15)2/h5-9,16H,10H2,1-4H3. The van der Waals surface area contributed by atoms with Crippen LogP contribution >= 0.6 is 11.3 Å². The van der Waals surface area contributed by atoms with Crippen molar-refractivity contribution in [2.24, 2.45) is 0 Å². The SMILES string of the molecule is CNCc1cc(S(=O)(=O)N(C)c2ccccc2C)c(C)s1. The molecule has 21 heavy (non-hydrogen) atoms. The second kappa shape index (κ2) is 6.17. The topological polar surface area (TPSA) is 49.4 Å². The number of rotatable bonds is 5. The van der Waals surface area contributed by atoms with E-state index in [1.165, 1.54) is 15.6 Å². The molecule has 0 amide bonds. The maximum atomic E-state index is 12.8. The number of nitrogens with zero attached hydrogens (tertiary/aromatic N) is 1. The molecule has 1 aromatic heterocycles. The Bertz CT molecular complexity index is 736. The van der Waals surface area contributed by atoms with E-state index in [4.69, 9.17) is 0 Å². The molecule has 2 aromatic rings. The first-order chi connectivity index (χ1) is 9.87. The Hall–Kier alpha value is -1.37. The maximum absolute atomic E-state index is 12.8. The van der Waals surface area contributed by atoms with Crippen molar-refractivity contribution in [2.45, 2.75) is 25.3 Å². The zero-order valence-corrected chi connectivity index (χ0v) is 14.3. The molecule has 0 saturated heterocycles. The average molecular weight is 324 g/mol. The summed E-state index contributed by atoms with van der Waals surface area (Å²) in [6.07, 6.45) is 0. The summed E-state index contributed by atoms with van der Waals surface area (Å²) in [5, 5.41) is 3.05. The van der Waals surface area contributed by atoms with Crippen LogP contribution in [0.2, 0.25) is 0 Å². The monoisotopic (exact) mass is 324 g/mol. The minimum absolute atomic E-state index is 0.392. The predicted octanol–water partition coefficient (Wildman–Crippen LogP) is 2.91. The fourth-order valence-corrected chi connectivity index (χ4v) is 5.11. The molecule has 0 spiro atoms. The summed E-state index contributed by atoms with van der Waals surface area (Å²) in [5.74, 6) is 0. The number of para-hydroxylation sites is 1. The Morgan fingerprint density at radius 1 is 1.24 bits per heavy atom. The first kappa shape index (κ1) is 16.0. The zero-order valence-electron chi connectivity index (χ0n) is 12.7. The van der Waals surface area contributed by atoms with Gasteiger partial charge in [-0.2, -0.15) is 0 Å². The molecule has 0 unspecified atom stereocenters. The van der Waals surface area contributed by atoms with Gasteiger partial charge in [0, 0.05) is 23.3 Å². The number of thiophene rings is 1. The lowest BCUT2D eigenvalue weighted by atomic mass is 10.2. The van der Waals surface area contributed by atoms with Crippen LogP contribution in [0.5, 0.6) is 0 Å². The molecule has 0 radical (unpaired) electrons. The smallest absolute Gasteiger partial charge is 0.265 e. The van der Waals surface area contributed by atoms with Gasteiger partial charge in [0.05, 0.1) is 5.69 Å². The van der Waals surface area contributed by atoms with Gasteiger partial charge in [-0.25, -0.2) is 8.42 Å². The number of anilines is 1. The van der Waals surface area contributed by atoms with Crippen molar-refractivity contribution < 1.29 is 8.42 Å². The lowest BCUT2D eigenvalue weighted by Gasteiger charge is -2.21. The lowest BCUT2D eigenvalue weighted by molar-refractivity contribution is 0.594. The van der Waals surface area contributed by atoms with Crippen LogP contribution in [-0.4, -0.2) is 22.5 Å². The van der Waals surface area contributed by atoms with Gasteiger partial charge in [-0.15, -0.1) is 11.3 Å². The molecule has 114 valence electrons. The molecule has 1 heterocycles. The molecule has 0 saturated carbocycles. The van der Waals surface area contributed by atoms with Crippen LogP contribution in [0.3, 0.4) is 0 Å². The van der Waals surface area contributed by atoms with Crippen molar-refractivity contribution in [3.05, 3.63) is 45.6 Å². The third-order valence-corrected chi connectivity index (χ3v) is 6.44. The van der Waals surface area contributed by atoms with Crippen LogP contribution < -0.4 is 9.62 Å². The third-order valence-electron chi connectivity index (χ3n) is 3.37. The molecule has 0 fully saturated rings. The van der Waals surface area contributed by atoms with Crippen molar-refractivity contribution >= 4 is 27.0 Å². The fraction of sp³-hybridized carbons (Fsp3) is 0.333. The summed E-state index contributed by atoms with van der Waals surface area (Å²) in [5.41, 5.74) is 1.64. The summed E-state index contributed by atoms with van der Waals surface area (Å²) < 4.78 is 27.0. The van der Waals surface area contributed by atoms with Crippen molar-refractivity contribution in [1.29, 1.82) is 0 Å². The zero-order chi connectivity index (χ0) is 15.6. The van der Waals surface area contributed by atoms with Gasteiger partial charge in [0.2, 0.25) is 0 Å². The molecular formula is C15H20N2O2S2. The minimum atomic E-state index is -3.53. The van der Waals surface area contributed by atoms with Crippen LogP contribution in [0.15, 0.2) is 35.2 Å². The highest BCUT2D eigenvalue weighted by molar-refractivity contribution is 7.93. The lowest BCUT2D eigenvalue weighted by Crippen LogP contribution is -2.27. The molecule has 0 atom stereocenters. The van der Waals surface area contributed by atoms with Crippen molar-refractivity contribution in [3.63, 3.8) is 0 Å². The highest BCUT2D eigenvalue weighted by atomic mass is 32.2.